The van der Waals surface area contributed by atoms with E-state index in [1.54, 1.807) is 14.2 Å². The molecule has 182 valence electrons. The molecule has 5 rings (SSSR count). The Morgan fingerprint density at radius 1 is 1.00 bits per heavy atom. The number of nitrogens with zero attached hydrogens (tertiary/aromatic N) is 3. The first-order valence-corrected chi connectivity index (χ1v) is 12.7. The number of rotatable bonds is 9. The molecule has 2 aliphatic rings. The first kappa shape index (κ1) is 23.0. The van der Waals surface area contributed by atoms with Crippen molar-refractivity contribution in [3.05, 3.63) is 41.6 Å². The summed E-state index contributed by atoms with van der Waals surface area (Å²) in [7, 11) is 3.43. The van der Waals surface area contributed by atoms with Crippen LogP contribution in [-0.4, -0.2) is 50.1 Å². The van der Waals surface area contributed by atoms with Crippen LogP contribution in [0.4, 0.5) is 5.69 Å². The molecule has 6 heteroatoms. The molecule has 3 aromatic rings. The molecular weight excluding hydrogens is 426 g/mol. The van der Waals surface area contributed by atoms with Crippen LogP contribution in [0.3, 0.4) is 0 Å². The van der Waals surface area contributed by atoms with Crippen molar-refractivity contribution in [1.29, 1.82) is 0 Å². The number of benzene rings is 1. The standard InChI is InChI=1S/C28H37N3O3/c1-5-22-28(30(17-20-9-10-20)18-21-11-13-34-14-12-21)24-8-6-7-23(31(24)29-22)27-25(32-3)15-19(2)16-26(27)33-4/h6-8,15-16,20-21H,5,9-14,17-18H2,1-4H3. The second-order valence-corrected chi connectivity index (χ2v) is 9.81. The molecular formula is C28H37N3O3. The maximum absolute atomic E-state index is 5.80. The number of aryl methyl sites for hydroxylation is 2. The number of ether oxygens (including phenoxy) is 3. The Hall–Kier alpha value is -2.73. The predicted octanol–water partition coefficient (Wildman–Crippen LogP) is 5.53. The molecule has 1 aromatic carbocycles. The number of aromatic nitrogens is 2. The summed E-state index contributed by atoms with van der Waals surface area (Å²) in [5.74, 6) is 3.08. The largest absolute Gasteiger partial charge is 0.496 e. The lowest BCUT2D eigenvalue weighted by Gasteiger charge is -2.31. The van der Waals surface area contributed by atoms with Gasteiger partial charge in [-0.05, 0) is 80.7 Å². The minimum absolute atomic E-state index is 0.674. The van der Waals surface area contributed by atoms with Crippen LogP contribution in [0.5, 0.6) is 11.5 Å². The smallest absolute Gasteiger partial charge is 0.132 e. The molecule has 2 aromatic heterocycles. The fraction of sp³-hybridized carbons (Fsp3) is 0.536. The number of methoxy groups -OCH3 is 2. The average molecular weight is 464 g/mol. The molecule has 0 spiro atoms. The Bertz CT molecular complexity index is 1120. The van der Waals surface area contributed by atoms with Crippen molar-refractivity contribution in [3.8, 4) is 22.8 Å². The van der Waals surface area contributed by atoms with Gasteiger partial charge in [-0.15, -0.1) is 0 Å². The van der Waals surface area contributed by atoms with Crippen LogP contribution in [0, 0.1) is 18.8 Å². The zero-order valence-electron chi connectivity index (χ0n) is 21.0. The van der Waals surface area contributed by atoms with Gasteiger partial charge in [-0.25, -0.2) is 4.52 Å². The van der Waals surface area contributed by atoms with E-state index in [4.69, 9.17) is 19.3 Å². The molecule has 1 aliphatic heterocycles. The van der Waals surface area contributed by atoms with Crippen LogP contribution in [0.15, 0.2) is 30.3 Å². The summed E-state index contributed by atoms with van der Waals surface area (Å²) in [4.78, 5) is 2.64. The van der Waals surface area contributed by atoms with Crippen molar-refractivity contribution < 1.29 is 14.2 Å². The minimum atomic E-state index is 0.674. The monoisotopic (exact) mass is 463 g/mol. The van der Waals surface area contributed by atoms with E-state index in [1.807, 2.05) is 0 Å². The van der Waals surface area contributed by atoms with E-state index in [9.17, 15) is 0 Å². The topological polar surface area (TPSA) is 48.2 Å². The molecule has 0 N–H and O–H groups in total. The number of fused-ring (bicyclic) bond motifs is 1. The normalized spacial score (nSPS) is 16.7. The molecule has 0 amide bonds. The molecule has 6 nitrogen and oxygen atoms in total. The third-order valence-corrected chi connectivity index (χ3v) is 7.25. The summed E-state index contributed by atoms with van der Waals surface area (Å²) in [6.07, 6.45) is 5.87. The third-order valence-electron chi connectivity index (χ3n) is 7.25. The number of hydrogen-bond acceptors (Lipinski definition) is 5. The summed E-state index contributed by atoms with van der Waals surface area (Å²) in [5.41, 5.74) is 6.65. The van der Waals surface area contributed by atoms with Gasteiger partial charge in [-0.3, -0.25) is 0 Å². The van der Waals surface area contributed by atoms with Crippen LogP contribution in [0.2, 0.25) is 0 Å². The van der Waals surface area contributed by atoms with Gasteiger partial charge >= 0.3 is 0 Å². The van der Waals surface area contributed by atoms with E-state index >= 15 is 0 Å². The summed E-state index contributed by atoms with van der Waals surface area (Å²) in [6.45, 7) is 8.23. The van der Waals surface area contributed by atoms with E-state index < -0.39 is 0 Å². The molecule has 0 unspecified atom stereocenters. The Balaban J connectivity index is 1.64. The highest BCUT2D eigenvalue weighted by atomic mass is 16.5. The lowest BCUT2D eigenvalue weighted by molar-refractivity contribution is 0.0682. The third kappa shape index (κ3) is 4.48. The van der Waals surface area contributed by atoms with Gasteiger partial charge in [-0.2, -0.15) is 5.10 Å². The van der Waals surface area contributed by atoms with Gasteiger partial charge in [0.15, 0.2) is 0 Å². The van der Waals surface area contributed by atoms with E-state index in [0.29, 0.717) is 5.92 Å². The Labute approximate surface area is 202 Å². The molecule has 1 aliphatic carbocycles. The molecule has 1 saturated heterocycles. The van der Waals surface area contributed by atoms with Gasteiger partial charge in [0.1, 0.15) is 11.5 Å². The number of hydrogen-bond donors (Lipinski definition) is 0. The fourth-order valence-corrected chi connectivity index (χ4v) is 5.28. The summed E-state index contributed by atoms with van der Waals surface area (Å²) in [5, 5.41) is 5.16. The van der Waals surface area contributed by atoms with Gasteiger partial charge in [0, 0.05) is 26.3 Å². The highest BCUT2D eigenvalue weighted by Gasteiger charge is 2.30. The lowest BCUT2D eigenvalue weighted by Crippen LogP contribution is -2.34. The maximum Gasteiger partial charge on any atom is 0.132 e. The summed E-state index contributed by atoms with van der Waals surface area (Å²) >= 11 is 0. The van der Waals surface area contributed by atoms with Gasteiger partial charge in [0.25, 0.3) is 0 Å². The summed E-state index contributed by atoms with van der Waals surface area (Å²) < 4.78 is 19.3. The molecule has 2 fully saturated rings. The van der Waals surface area contributed by atoms with Gasteiger partial charge < -0.3 is 19.1 Å². The first-order valence-electron chi connectivity index (χ1n) is 12.7. The van der Waals surface area contributed by atoms with E-state index in [-0.39, 0.29) is 0 Å². The van der Waals surface area contributed by atoms with Crippen molar-refractivity contribution in [3.63, 3.8) is 0 Å². The first-order chi connectivity index (χ1) is 16.6. The van der Waals surface area contributed by atoms with Crippen molar-refractivity contribution in [2.45, 2.75) is 46.0 Å². The van der Waals surface area contributed by atoms with Crippen LogP contribution >= 0.6 is 0 Å². The quantitative estimate of drug-likeness (QED) is 0.417. The Morgan fingerprint density at radius 3 is 2.24 bits per heavy atom. The van der Waals surface area contributed by atoms with Crippen LogP contribution in [0.25, 0.3) is 16.8 Å². The van der Waals surface area contributed by atoms with E-state index in [0.717, 1.165) is 91.0 Å². The maximum atomic E-state index is 5.80. The molecule has 3 heterocycles. The van der Waals surface area contributed by atoms with Gasteiger partial charge in [0.2, 0.25) is 0 Å². The highest BCUT2D eigenvalue weighted by molar-refractivity contribution is 5.82. The van der Waals surface area contributed by atoms with Crippen molar-refractivity contribution in [2.24, 2.45) is 11.8 Å². The highest BCUT2D eigenvalue weighted by Crippen LogP contribution is 2.42. The fourth-order valence-electron chi connectivity index (χ4n) is 5.28. The zero-order chi connectivity index (χ0) is 23.7. The van der Waals surface area contributed by atoms with Crippen LogP contribution < -0.4 is 14.4 Å². The molecule has 0 atom stereocenters. The van der Waals surface area contributed by atoms with Crippen molar-refractivity contribution in [2.75, 3.05) is 45.4 Å². The zero-order valence-corrected chi connectivity index (χ0v) is 21.0. The van der Waals surface area contributed by atoms with Crippen molar-refractivity contribution in [1.82, 2.24) is 9.61 Å². The van der Waals surface area contributed by atoms with E-state index in [2.05, 4.69) is 53.6 Å². The lowest BCUT2D eigenvalue weighted by atomic mass is 9.99. The van der Waals surface area contributed by atoms with Gasteiger partial charge in [0.05, 0.1) is 42.4 Å². The number of pyridine rings is 1. The molecule has 0 radical (unpaired) electrons. The second-order valence-electron chi connectivity index (χ2n) is 9.81. The van der Waals surface area contributed by atoms with E-state index in [1.165, 1.54) is 18.5 Å². The Kier molecular flexibility index (Phi) is 6.68. The Morgan fingerprint density at radius 2 is 1.65 bits per heavy atom. The molecule has 34 heavy (non-hydrogen) atoms. The SMILES string of the molecule is CCc1nn2c(-c3c(OC)cc(C)cc3OC)cccc2c1N(CC1CCOCC1)CC1CC1. The molecule has 1 saturated carbocycles. The van der Waals surface area contributed by atoms with Gasteiger partial charge in [-0.1, -0.05) is 13.0 Å². The van der Waals surface area contributed by atoms with Crippen molar-refractivity contribution >= 4 is 11.2 Å². The second kappa shape index (κ2) is 9.87. The molecule has 0 bridgehead atoms. The summed E-state index contributed by atoms with van der Waals surface area (Å²) in [6, 6.07) is 10.6. The van der Waals surface area contributed by atoms with Crippen LogP contribution in [-0.2, 0) is 11.2 Å². The predicted molar refractivity (Wildman–Crippen MR) is 136 cm³/mol. The number of anilines is 1. The average Bonchev–Trinajstić information content (AvgIpc) is 3.60. The minimum Gasteiger partial charge on any atom is -0.496 e. The van der Waals surface area contributed by atoms with Crippen LogP contribution in [0.1, 0.15) is 43.9 Å².